The zero-order valence-electron chi connectivity index (χ0n) is 16.5. The predicted octanol–water partition coefficient (Wildman–Crippen LogP) is 4.99. The predicted molar refractivity (Wildman–Crippen MR) is 104 cm³/mol. The summed E-state index contributed by atoms with van der Waals surface area (Å²) < 4.78 is 5.22. The van der Waals surface area contributed by atoms with Crippen molar-refractivity contribution in [1.29, 1.82) is 0 Å². The molecule has 1 saturated carbocycles. The highest BCUT2D eigenvalue weighted by atomic mass is 16.6. The number of rotatable bonds is 7. The van der Waals surface area contributed by atoms with E-state index in [-0.39, 0.29) is 5.41 Å². The fourth-order valence-corrected chi connectivity index (χ4v) is 3.62. The lowest BCUT2D eigenvalue weighted by Crippen LogP contribution is -2.38. The molecule has 0 aromatic carbocycles. The first-order valence-corrected chi connectivity index (χ1v) is 8.96. The second-order valence-electron chi connectivity index (χ2n) is 8.20. The smallest absolute Gasteiger partial charge is 0.303 e. The van der Waals surface area contributed by atoms with Crippen LogP contribution in [0, 0.1) is 17.3 Å². The van der Waals surface area contributed by atoms with Gasteiger partial charge < -0.3 is 9.84 Å². The van der Waals surface area contributed by atoms with Crippen molar-refractivity contribution in [3.63, 3.8) is 0 Å². The summed E-state index contributed by atoms with van der Waals surface area (Å²) >= 11 is 0. The van der Waals surface area contributed by atoms with E-state index in [1.165, 1.54) is 12.5 Å². The number of ether oxygens (including phenoxy) is 1. The van der Waals surface area contributed by atoms with Crippen LogP contribution in [0.4, 0.5) is 0 Å². The Morgan fingerprint density at radius 1 is 1.36 bits per heavy atom. The highest BCUT2D eigenvalue weighted by molar-refractivity contribution is 5.66. The lowest BCUT2D eigenvalue weighted by molar-refractivity contribution is -0.154. The first-order valence-electron chi connectivity index (χ1n) is 8.96. The van der Waals surface area contributed by atoms with E-state index >= 15 is 0 Å². The third-order valence-electron chi connectivity index (χ3n) is 5.41. The van der Waals surface area contributed by atoms with E-state index in [0.717, 1.165) is 24.8 Å². The van der Waals surface area contributed by atoms with Crippen LogP contribution in [-0.2, 0) is 9.53 Å². The number of allylic oxidation sites excluding steroid dienone is 4. The van der Waals surface area contributed by atoms with Crippen molar-refractivity contribution in [3.8, 4) is 0 Å². The van der Waals surface area contributed by atoms with Crippen molar-refractivity contribution in [2.45, 2.75) is 65.6 Å². The molecule has 0 spiro atoms. The van der Waals surface area contributed by atoms with E-state index in [4.69, 9.17) is 4.74 Å². The van der Waals surface area contributed by atoms with Crippen LogP contribution >= 0.6 is 0 Å². The van der Waals surface area contributed by atoms with Crippen molar-refractivity contribution in [3.05, 3.63) is 49.1 Å². The van der Waals surface area contributed by atoms with Gasteiger partial charge in [0.05, 0.1) is 5.60 Å². The average Bonchev–Trinajstić information content (AvgIpc) is 2.49. The molecule has 140 valence electrons. The monoisotopic (exact) mass is 346 g/mol. The van der Waals surface area contributed by atoms with Crippen LogP contribution in [0.5, 0.6) is 0 Å². The lowest BCUT2D eigenvalue weighted by atomic mass is 9.61. The van der Waals surface area contributed by atoms with Crippen LogP contribution in [0.25, 0.3) is 0 Å². The van der Waals surface area contributed by atoms with E-state index in [9.17, 15) is 9.90 Å². The number of esters is 1. The molecule has 3 heteroatoms. The molecular weight excluding hydrogens is 312 g/mol. The van der Waals surface area contributed by atoms with E-state index < -0.39 is 17.7 Å². The molecule has 0 aromatic rings. The maximum atomic E-state index is 11.3. The molecule has 0 amide bonds. The Balaban J connectivity index is 2.88. The molecule has 0 bridgehead atoms. The summed E-state index contributed by atoms with van der Waals surface area (Å²) in [6.07, 6.45) is 8.07. The summed E-state index contributed by atoms with van der Waals surface area (Å²) in [5, 5.41) is 10.2. The van der Waals surface area contributed by atoms with Crippen LogP contribution < -0.4 is 0 Å². The summed E-state index contributed by atoms with van der Waals surface area (Å²) in [6.45, 7) is 21.3. The van der Waals surface area contributed by atoms with E-state index in [1.807, 2.05) is 6.08 Å². The Morgan fingerprint density at radius 3 is 2.40 bits per heavy atom. The van der Waals surface area contributed by atoms with Crippen LogP contribution in [0.1, 0.15) is 53.9 Å². The van der Waals surface area contributed by atoms with Gasteiger partial charge in [0.1, 0.15) is 6.10 Å². The van der Waals surface area contributed by atoms with Gasteiger partial charge in [-0.15, -0.1) is 6.58 Å². The molecule has 0 radical (unpaired) electrons. The summed E-state index contributed by atoms with van der Waals surface area (Å²) in [5.41, 5.74) is 1.12. The van der Waals surface area contributed by atoms with Crippen molar-refractivity contribution in [1.82, 2.24) is 0 Å². The average molecular weight is 347 g/mol. The molecule has 1 N–H and O–H groups in total. The standard InChI is InChI=1S/C22H34O3/c1-9-22(8)13-12-18(14-19(22)15(2)3)16(4)10-11-20(21(6,7)24)25-17(5)23/h9-11,18-20,24H,1-2,4,12-14H2,3,5-8H3. The largest absolute Gasteiger partial charge is 0.455 e. The van der Waals surface area contributed by atoms with Crippen molar-refractivity contribution >= 4 is 5.97 Å². The van der Waals surface area contributed by atoms with Crippen LogP contribution in [0.15, 0.2) is 49.1 Å². The quantitative estimate of drug-likeness (QED) is 0.401. The Morgan fingerprint density at radius 2 is 1.96 bits per heavy atom. The Labute approximate surface area is 153 Å². The Hall–Kier alpha value is -1.61. The number of aliphatic hydroxyl groups is 1. The van der Waals surface area contributed by atoms with Crippen LogP contribution in [0.3, 0.4) is 0 Å². The van der Waals surface area contributed by atoms with Gasteiger partial charge in [-0.1, -0.05) is 43.4 Å². The van der Waals surface area contributed by atoms with Gasteiger partial charge in [-0.2, -0.15) is 0 Å². The third kappa shape index (κ3) is 5.71. The Kier molecular flexibility index (Phi) is 7.01. The van der Waals surface area contributed by atoms with E-state index in [1.54, 1.807) is 19.9 Å². The zero-order chi connectivity index (χ0) is 19.4. The fraction of sp³-hybridized carbons (Fsp3) is 0.591. The molecule has 1 aliphatic rings. The minimum atomic E-state index is -1.14. The molecule has 3 nitrogen and oxygen atoms in total. The van der Waals surface area contributed by atoms with Gasteiger partial charge in [-0.3, -0.25) is 4.79 Å². The van der Waals surface area contributed by atoms with Gasteiger partial charge in [-0.25, -0.2) is 0 Å². The number of carbonyl (C=O) groups is 1. The molecule has 1 rings (SSSR count). The second-order valence-corrected chi connectivity index (χ2v) is 8.20. The molecule has 0 saturated heterocycles. The number of hydrogen-bond acceptors (Lipinski definition) is 3. The number of hydrogen-bond donors (Lipinski definition) is 1. The van der Waals surface area contributed by atoms with Crippen molar-refractivity contribution in [2.75, 3.05) is 0 Å². The van der Waals surface area contributed by atoms with Gasteiger partial charge in [0.2, 0.25) is 0 Å². The fourth-order valence-electron chi connectivity index (χ4n) is 3.62. The molecule has 0 aliphatic heterocycles. The minimum Gasteiger partial charge on any atom is -0.455 e. The zero-order valence-corrected chi connectivity index (χ0v) is 16.5. The van der Waals surface area contributed by atoms with Gasteiger partial charge in [0.25, 0.3) is 0 Å². The lowest BCUT2D eigenvalue weighted by Gasteiger charge is -2.43. The summed E-state index contributed by atoms with van der Waals surface area (Å²) in [6, 6.07) is 0. The molecule has 1 fully saturated rings. The summed E-state index contributed by atoms with van der Waals surface area (Å²) in [5.74, 6) is 0.322. The maximum Gasteiger partial charge on any atom is 0.303 e. The highest BCUT2D eigenvalue weighted by Crippen LogP contribution is 2.48. The van der Waals surface area contributed by atoms with E-state index in [2.05, 4.69) is 39.7 Å². The molecule has 4 unspecified atom stereocenters. The van der Waals surface area contributed by atoms with Crippen molar-refractivity contribution < 1.29 is 14.6 Å². The molecule has 1 aliphatic carbocycles. The molecule has 0 aromatic heterocycles. The van der Waals surface area contributed by atoms with Gasteiger partial charge in [0.15, 0.2) is 0 Å². The molecule has 25 heavy (non-hydrogen) atoms. The Bertz CT molecular complexity index is 564. The van der Waals surface area contributed by atoms with E-state index in [0.29, 0.717) is 11.8 Å². The minimum absolute atomic E-state index is 0.0830. The second kappa shape index (κ2) is 8.18. The topological polar surface area (TPSA) is 46.5 Å². The van der Waals surface area contributed by atoms with Crippen LogP contribution in [-0.4, -0.2) is 22.8 Å². The van der Waals surface area contributed by atoms with Crippen molar-refractivity contribution in [2.24, 2.45) is 17.3 Å². The molecule has 0 heterocycles. The number of carbonyl (C=O) groups excluding carboxylic acids is 1. The third-order valence-corrected chi connectivity index (χ3v) is 5.41. The normalized spacial score (nSPS) is 28.4. The first-order chi connectivity index (χ1) is 11.4. The SMILES string of the molecule is C=CC1(C)CCC(C(=C)C=CC(OC(C)=O)C(C)(C)O)CC1C(=C)C. The van der Waals surface area contributed by atoms with Gasteiger partial charge >= 0.3 is 5.97 Å². The summed E-state index contributed by atoms with van der Waals surface area (Å²) in [7, 11) is 0. The van der Waals surface area contributed by atoms with Crippen LogP contribution in [0.2, 0.25) is 0 Å². The first kappa shape index (κ1) is 21.4. The molecule has 4 atom stereocenters. The van der Waals surface area contributed by atoms with Gasteiger partial charge in [-0.05, 0) is 63.4 Å². The maximum absolute atomic E-state index is 11.3. The summed E-state index contributed by atoms with van der Waals surface area (Å²) in [4.78, 5) is 11.3. The molecular formula is C22H34O3. The van der Waals surface area contributed by atoms with Gasteiger partial charge in [0, 0.05) is 6.92 Å². The highest BCUT2D eigenvalue weighted by Gasteiger charge is 2.38.